The number of aromatic nitrogens is 1. The van der Waals surface area contributed by atoms with E-state index in [-0.39, 0.29) is 5.91 Å². The van der Waals surface area contributed by atoms with Gasteiger partial charge in [0.05, 0.1) is 23.2 Å². The molecule has 2 N–H and O–H groups in total. The second-order valence-corrected chi connectivity index (χ2v) is 6.21. The molecule has 0 spiro atoms. The highest BCUT2D eigenvalue weighted by Crippen LogP contribution is 2.44. The van der Waals surface area contributed by atoms with Gasteiger partial charge in [0.15, 0.2) is 0 Å². The molecule has 1 aliphatic carbocycles. The summed E-state index contributed by atoms with van der Waals surface area (Å²) in [5.74, 6) is -1.29. The average Bonchev–Trinajstić information content (AvgIpc) is 2.98. The number of nitrogens with one attached hydrogen (secondary N) is 1. The molecule has 0 radical (unpaired) electrons. The Hall–Kier alpha value is -1.91. The molecule has 1 aliphatic rings. The number of carboxylic acids is 1. The van der Waals surface area contributed by atoms with Crippen molar-refractivity contribution < 1.29 is 14.7 Å². The summed E-state index contributed by atoms with van der Waals surface area (Å²) in [6.07, 6.45) is 8.65. The van der Waals surface area contributed by atoms with Gasteiger partial charge in [0.25, 0.3) is 0 Å². The minimum atomic E-state index is -0.790. The third-order valence-electron chi connectivity index (χ3n) is 4.59. The Morgan fingerprint density at radius 2 is 2.14 bits per heavy atom. The van der Waals surface area contributed by atoms with Gasteiger partial charge in [-0.3, -0.25) is 14.6 Å². The first-order valence-electron chi connectivity index (χ1n) is 8.02. The summed E-state index contributed by atoms with van der Waals surface area (Å²) in [7, 11) is 0. The molecule has 0 aliphatic heterocycles. The van der Waals surface area contributed by atoms with Crippen molar-refractivity contribution in [1.82, 2.24) is 4.98 Å². The van der Waals surface area contributed by atoms with Crippen molar-refractivity contribution in [3.05, 3.63) is 24.5 Å². The summed E-state index contributed by atoms with van der Waals surface area (Å²) >= 11 is 0. The minimum Gasteiger partial charge on any atom is -0.481 e. The molecule has 1 fully saturated rings. The molecule has 2 rings (SSSR count). The Labute approximate surface area is 131 Å². The fraction of sp³-hybridized carbons (Fsp3) is 0.588. The molecule has 1 atom stereocenters. The first-order chi connectivity index (χ1) is 10.6. The van der Waals surface area contributed by atoms with Crippen molar-refractivity contribution in [2.75, 3.05) is 5.32 Å². The number of aliphatic carboxylic acids is 1. The predicted octanol–water partition coefficient (Wildman–Crippen LogP) is 3.47. The fourth-order valence-corrected chi connectivity index (χ4v) is 3.41. The summed E-state index contributed by atoms with van der Waals surface area (Å²) in [5.41, 5.74) is 0.120. The number of carbonyl (C=O) groups is 2. The van der Waals surface area contributed by atoms with E-state index in [0.717, 1.165) is 32.1 Å². The summed E-state index contributed by atoms with van der Waals surface area (Å²) in [5, 5.41) is 12.3. The zero-order chi connectivity index (χ0) is 16.0. The number of pyridine rings is 1. The van der Waals surface area contributed by atoms with E-state index in [9.17, 15) is 14.7 Å². The van der Waals surface area contributed by atoms with E-state index in [0.29, 0.717) is 18.5 Å². The number of amides is 1. The molecule has 0 aromatic carbocycles. The van der Waals surface area contributed by atoms with Gasteiger partial charge in [-0.2, -0.15) is 0 Å². The van der Waals surface area contributed by atoms with Crippen LogP contribution < -0.4 is 5.32 Å². The van der Waals surface area contributed by atoms with Crippen LogP contribution in [0.15, 0.2) is 24.5 Å². The number of carboxylic acid groups (broad SMARTS) is 1. The highest BCUT2D eigenvalue weighted by Gasteiger charge is 2.43. The van der Waals surface area contributed by atoms with Crippen LogP contribution in [0, 0.1) is 11.3 Å². The Balaban J connectivity index is 2.13. The van der Waals surface area contributed by atoms with Crippen LogP contribution in [0.2, 0.25) is 0 Å². The van der Waals surface area contributed by atoms with Crippen LogP contribution in [0.3, 0.4) is 0 Å². The van der Waals surface area contributed by atoms with Gasteiger partial charge >= 0.3 is 5.97 Å². The van der Waals surface area contributed by atoms with E-state index in [1.54, 1.807) is 24.5 Å². The first-order valence-corrected chi connectivity index (χ1v) is 8.02. The summed E-state index contributed by atoms with van der Waals surface area (Å²) in [6.45, 7) is 1.98. The molecule has 1 aromatic rings. The van der Waals surface area contributed by atoms with Crippen molar-refractivity contribution in [3.63, 3.8) is 0 Å². The zero-order valence-corrected chi connectivity index (χ0v) is 13.0. The topological polar surface area (TPSA) is 79.3 Å². The smallest absolute Gasteiger partial charge is 0.306 e. The molecule has 1 unspecified atom stereocenters. The third-order valence-corrected chi connectivity index (χ3v) is 4.59. The predicted molar refractivity (Wildman–Crippen MR) is 84.4 cm³/mol. The molecule has 1 heterocycles. The van der Waals surface area contributed by atoms with Crippen molar-refractivity contribution in [2.45, 2.75) is 51.9 Å². The van der Waals surface area contributed by atoms with Gasteiger partial charge in [0, 0.05) is 6.20 Å². The van der Waals surface area contributed by atoms with Crippen LogP contribution in [0.5, 0.6) is 0 Å². The molecule has 120 valence electrons. The summed E-state index contributed by atoms with van der Waals surface area (Å²) in [6, 6.07) is 3.57. The van der Waals surface area contributed by atoms with E-state index in [4.69, 9.17) is 0 Å². The second kappa shape index (κ2) is 7.38. The molecule has 1 saturated carbocycles. The fourth-order valence-electron chi connectivity index (χ4n) is 3.41. The Kier molecular flexibility index (Phi) is 5.52. The van der Waals surface area contributed by atoms with Gasteiger partial charge in [-0.1, -0.05) is 26.2 Å². The van der Waals surface area contributed by atoms with Gasteiger partial charge in [-0.25, -0.2) is 0 Å². The quantitative estimate of drug-likeness (QED) is 0.808. The molecule has 5 nitrogen and oxygen atoms in total. The molecule has 0 saturated heterocycles. The molecule has 5 heteroatoms. The van der Waals surface area contributed by atoms with Gasteiger partial charge < -0.3 is 10.4 Å². The molecule has 1 aromatic heterocycles. The average molecular weight is 304 g/mol. The number of nitrogens with zero attached hydrogens (tertiary/aromatic N) is 1. The minimum absolute atomic E-state index is 0.0552. The van der Waals surface area contributed by atoms with Crippen LogP contribution in [0.4, 0.5) is 5.69 Å². The lowest BCUT2D eigenvalue weighted by atomic mass is 9.75. The number of carbonyl (C=O) groups excluding carboxylic acids is 1. The van der Waals surface area contributed by atoms with Crippen LogP contribution in [0.1, 0.15) is 51.9 Å². The lowest BCUT2D eigenvalue weighted by Crippen LogP contribution is -2.37. The molecular formula is C17H24N2O3. The number of hydrogen-bond acceptors (Lipinski definition) is 3. The van der Waals surface area contributed by atoms with Crippen molar-refractivity contribution in [2.24, 2.45) is 11.3 Å². The van der Waals surface area contributed by atoms with Gasteiger partial charge in [0.2, 0.25) is 5.91 Å². The van der Waals surface area contributed by atoms with Crippen LogP contribution in [-0.4, -0.2) is 22.0 Å². The van der Waals surface area contributed by atoms with Crippen molar-refractivity contribution in [1.29, 1.82) is 0 Å². The monoisotopic (exact) mass is 304 g/mol. The number of rotatable bonds is 7. The molecular weight excluding hydrogens is 280 g/mol. The lowest BCUT2D eigenvalue weighted by Gasteiger charge is -2.30. The maximum Gasteiger partial charge on any atom is 0.306 e. The van der Waals surface area contributed by atoms with E-state index in [2.05, 4.69) is 10.3 Å². The zero-order valence-electron chi connectivity index (χ0n) is 13.0. The lowest BCUT2D eigenvalue weighted by molar-refractivity contribution is -0.144. The number of anilines is 1. The summed E-state index contributed by atoms with van der Waals surface area (Å²) < 4.78 is 0. The standard InChI is InChI=1S/C17H24N2O3/c1-2-6-13(15(20)21)11-17(8-3-4-9-17)16(22)19-14-7-5-10-18-12-14/h5,7,10,12-13H,2-4,6,8-9,11H2,1H3,(H,19,22)(H,20,21). The number of hydrogen-bond donors (Lipinski definition) is 2. The van der Waals surface area contributed by atoms with Crippen LogP contribution in [0.25, 0.3) is 0 Å². The second-order valence-electron chi connectivity index (χ2n) is 6.21. The molecule has 1 amide bonds. The largest absolute Gasteiger partial charge is 0.481 e. The van der Waals surface area contributed by atoms with Crippen molar-refractivity contribution >= 4 is 17.6 Å². The highest BCUT2D eigenvalue weighted by molar-refractivity contribution is 5.95. The Morgan fingerprint density at radius 1 is 1.41 bits per heavy atom. The van der Waals surface area contributed by atoms with E-state index in [1.165, 1.54) is 0 Å². The normalized spacial score (nSPS) is 17.9. The third kappa shape index (κ3) is 3.84. The maximum atomic E-state index is 12.8. The Bertz CT molecular complexity index is 510. The van der Waals surface area contributed by atoms with Gasteiger partial charge in [0.1, 0.15) is 0 Å². The SMILES string of the molecule is CCCC(CC1(C(=O)Nc2cccnc2)CCCC1)C(=O)O. The van der Waals surface area contributed by atoms with E-state index < -0.39 is 17.3 Å². The van der Waals surface area contributed by atoms with Gasteiger partial charge in [-0.15, -0.1) is 0 Å². The Morgan fingerprint density at radius 3 is 2.68 bits per heavy atom. The van der Waals surface area contributed by atoms with Gasteiger partial charge in [-0.05, 0) is 37.8 Å². The highest BCUT2D eigenvalue weighted by atomic mass is 16.4. The van der Waals surface area contributed by atoms with E-state index >= 15 is 0 Å². The van der Waals surface area contributed by atoms with Crippen LogP contribution in [-0.2, 0) is 9.59 Å². The van der Waals surface area contributed by atoms with E-state index in [1.807, 2.05) is 6.92 Å². The first kappa shape index (κ1) is 16.5. The maximum absolute atomic E-state index is 12.8. The summed E-state index contributed by atoms with van der Waals surface area (Å²) in [4.78, 5) is 28.2. The van der Waals surface area contributed by atoms with Crippen LogP contribution >= 0.6 is 0 Å². The van der Waals surface area contributed by atoms with Crippen molar-refractivity contribution in [3.8, 4) is 0 Å². The molecule has 22 heavy (non-hydrogen) atoms. The molecule has 0 bridgehead atoms.